The fourth-order valence-corrected chi connectivity index (χ4v) is 2.96. The number of imidazole rings is 1. The van der Waals surface area contributed by atoms with E-state index in [1.807, 2.05) is 10.8 Å². The van der Waals surface area contributed by atoms with Gasteiger partial charge in [0, 0.05) is 19.0 Å². The van der Waals surface area contributed by atoms with Gasteiger partial charge in [-0.3, -0.25) is 0 Å². The van der Waals surface area contributed by atoms with E-state index in [1.54, 1.807) is 6.20 Å². The Morgan fingerprint density at radius 3 is 2.20 bits per heavy atom. The van der Waals surface area contributed by atoms with E-state index >= 15 is 0 Å². The van der Waals surface area contributed by atoms with Crippen LogP contribution in [-0.2, 0) is 17.9 Å². The summed E-state index contributed by atoms with van der Waals surface area (Å²) in [6.45, 7) is 8.29. The molecule has 0 N–H and O–H groups in total. The maximum Gasteiger partial charge on any atom is 0.124 e. The highest BCUT2D eigenvalue weighted by Crippen LogP contribution is 2.22. The zero-order valence-electron chi connectivity index (χ0n) is 16.6. The summed E-state index contributed by atoms with van der Waals surface area (Å²) in [4.78, 5) is 4.15. The molecule has 0 fully saturated rings. The van der Waals surface area contributed by atoms with Crippen LogP contribution in [0.15, 0.2) is 12.4 Å². The van der Waals surface area contributed by atoms with Crippen molar-refractivity contribution < 1.29 is 4.74 Å². The van der Waals surface area contributed by atoms with Gasteiger partial charge in [-0.05, 0) is 18.3 Å². The smallest absolute Gasteiger partial charge is 0.124 e. The third-order valence-electron chi connectivity index (χ3n) is 4.48. The number of aromatic nitrogens is 2. The van der Waals surface area contributed by atoms with Crippen LogP contribution in [0.1, 0.15) is 90.8 Å². The number of hydrogen-bond acceptors (Lipinski definition) is 3. The number of nitriles is 1. The maximum atomic E-state index is 8.72. The summed E-state index contributed by atoms with van der Waals surface area (Å²) in [6.07, 6.45) is 17.3. The zero-order valence-corrected chi connectivity index (χ0v) is 16.6. The van der Waals surface area contributed by atoms with Gasteiger partial charge in [-0.15, -0.1) is 0 Å². The van der Waals surface area contributed by atoms with E-state index in [-0.39, 0.29) is 0 Å². The monoisotopic (exact) mass is 347 g/mol. The van der Waals surface area contributed by atoms with Crippen LogP contribution in [0.5, 0.6) is 0 Å². The van der Waals surface area contributed by atoms with E-state index in [4.69, 9.17) is 10.00 Å². The molecule has 0 atom stereocenters. The Labute approximate surface area is 154 Å². The van der Waals surface area contributed by atoms with Crippen LogP contribution in [0.2, 0.25) is 0 Å². The van der Waals surface area contributed by atoms with Crippen molar-refractivity contribution in [3.05, 3.63) is 18.2 Å². The molecule has 1 heterocycles. The van der Waals surface area contributed by atoms with Crippen molar-refractivity contribution >= 4 is 0 Å². The molecule has 0 saturated carbocycles. The average molecular weight is 348 g/mol. The SMILES string of the molecule is CC(C)(C)CCCCCCCCCCCOCn1ccnc1CC#N. The van der Waals surface area contributed by atoms with E-state index in [9.17, 15) is 0 Å². The summed E-state index contributed by atoms with van der Waals surface area (Å²) in [5.74, 6) is 0.782. The molecule has 1 aromatic rings. The largest absolute Gasteiger partial charge is 0.361 e. The number of ether oxygens (including phenoxy) is 1. The van der Waals surface area contributed by atoms with E-state index in [0.717, 1.165) is 18.9 Å². The van der Waals surface area contributed by atoms with Gasteiger partial charge >= 0.3 is 0 Å². The van der Waals surface area contributed by atoms with E-state index < -0.39 is 0 Å². The predicted octanol–water partition coefficient (Wildman–Crippen LogP) is 5.87. The van der Waals surface area contributed by atoms with Crippen molar-refractivity contribution in [2.24, 2.45) is 5.41 Å². The summed E-state index contributed by atoms with van der Waals surface area (Å²) in [5, 5.41) is 8.72. The molecule has 0 unspecified atom stereocenters. The summed E-state index contributed by atoms with van der Waals surface area (Å²) < 4.78 is 7.58. The van der Waals surface area contributed by atoms with Crippen LogP contribution in [0, 0.1) is 16.7 Å². The van der Waals surface area contributed by atoms with Gasteiger partial charge in [0.25, 0.3) is 0 Å². The van der Waals surface area contributed by atoms with Crippen LogP contribution in [0.25, 0.3) is 0 Å². The molecule has 4 nitrogen and oxygen atoms in total. The summed E-state index contributed by atoms with van der Waals surface area (Å²) in [7, 11) is 0. The van der Waals surface area contributed by atoms with E-state index in [2.05, 4.69) is 31.8 Å². The molecular weight excluding hydrogens is 310 g/mol. The average Bonchev–Trinajstić information content (AvgIpc) is 2.98. The number of nitrogens with zero attached hydrogens (tertiary/aromatic N) is 3. The Kier molecular flexibility index (Phi) is 11.2. The third-order valence-corrected chi connectivity index (χ3v) is 4.48. The van der Waals surface area contributed by atoms with Crippen LogP contribution < -0.4 is 0 Å². The van der Waals surface area contributed by atoms with Crippen molar-refractivity contribution in [2.45, 2.75) is 98.1 Å². The third kappa shape index (κ3) is 11.8. The van der Waals surface area contributed by atoms with Crippen molar-refractivity contribution in [3.8, 4) is 6.07 Å². The van der Waals surface area contributed by atoms with Crippen molar-refractivity contribution in [3.63, 3.8) is 0 Å². The molecule has 142 valence electrons. The molecule has 0 saturated heterocycles. The molecule has 0 bridgehead atoms. The van der Waals surface area contributed by atoms with Gasteiger partial charge < -0.3 is 9.30 Å². The molecule has 0 aliphatic heterocycles. The maximum absolute atomic E-state index is 8.72. The zero-order chi connectivity index (χ0) is 18.4. The quantitative estimate of drug-likeness (QED) is 0.395. The highest BCUT2D eigenvalue weighted by Gasteiger charge is 2.08. The minimum atomic E-state index is 0.340. The lowest BCUT2D eigenvalue weighted by Gasteiger charge is -2.17. The Morgan fingerprint density at radius 1 is 1.00 bits per heavy atom. The van der Waals surface area contributed by atoms with Crippen LogP contribution >= 0.6 is 0 Å². The van der Waals surface area contributed by atoms with Gasteiger partial charge in [-0.25, -0.2) is 4.98 Å². The minimum absolute atomic E-state index is 0.340. The second kappa shape index (κ2) is 12.9. The summed E-state index contributed by atoms with van der Waals surface area (Å²) in [6, 6.07) is 2.12. The van der Waals surface area contributed by atoms with Crippen molar-refractivity contribution in [2.75, 3.05) is 6.61 Å². The lowest BCUT2D eigenvalue weighted by Crippen LogP contribution is -2.06. The van der Waals surface area contributed by atoms with E-state index in [1.165, 1.54) is 57.8 Å². The molecule has 1 aromatic heterocycles. The van der Waals surface area contributed by atoms with Crippen LogP contribution in [0.3, 0.4) is 0 Å². The van der Waals surface area contributed by atoms with Crippen LogP contribution in [0.4, 0.5) is 0 Å². The van der Waals surface area contributed by atoms with Gasteiger partial charge in [0.2, 0.25) is 0 Å². The normalized spacial score (nSPS) is 11.6. The molecule has 0 amide bonds. The van der Waals surface area contributed by atoms with Gasteiger partial charge in [-0.1, -0.05) is 72.1 Å². The predicted molar refractivity (Wildman–Crippen MR) is 103 cm³/mol. The lowest BCUT2D eigenvalue weighted by atomic mass is 9.89. The Balaban J connectivity index is 1.85. The standard InChI is InChI=1S/C21H37N3O/c1-21(2,3)14-11-9-7-5-4-6-8-10-12-18-25-19-24-17-16-23-20(24)13-15-22/h16-17H,4-14,18-19H2,1-3H3. The number of hydrogen-bond donors (Lipinski definition) is 0. The van der Waals surface area contributed by atoms with E-state index in [0.29, 0.717) is 18.6 Å². The lowest BCUT2D eigenvalue weighted by molar-refractivity contribution is 0.0722. The van der Waals surface area contributed by atoms with Crippen molar-refractivity contribution in [1.82, 2.24) is 9.55 Å². The first kappa shape index (κ1) is 21.7. The number of rotatable bonds is 14. The first-order chi connectivity index (χ1) is 12.0. The molecule has 1 rings (SSSR count). The molecular formula is C21H37N3O. The Morgan fingerprint density at radius 2 is 1.60 bits per heavy atom. The van der Waals surface area contributed by atoms with Crippen LogP contribution in [-0.4, -0.2) is 16.2 Å². The molecule has 0 aliphatic rings. The highest BCUT2D eigenvalue weighted by atomic mass is 16.5. The fraction of sp³-hybridized carbons (Fsp3) is 0.810. The molecule has 25 heavy (non-hydrogen) atoms. The molecule has 4 heteroatoms. The van der Waals surface area contributed by atoms with Gasteiger partial charge in [0.05, 0.1) is 12.5 Å². The molecule has 0 spiro atoms. The first-order valence-corrected chi connectivity index (χ1v) is 9.97. The van der Waals surface area contributed by atoms with Gasteiger partial charge in [0.1, 0.15) is 12.6 Å². The van der Waals surface area contributed by atoms with Gasteiger partial charge in [-0.2, -0.15) is 5.26 Å². The molecule has 0 radical (unpaired) electrons. The fourth-order valence-electron chi connectivity index (χ4n) is 2.96. The minimum Gasteiger partial charge on any atom is -0.361 e. The summed E-state index contributed by atoms with van der Waals surface area (Å²) in [5.41, 5.74) is 0.497. The molecule has 0 aromatic carbocycles. The Bertz CT molecular complexity index is 482. The highest BCUT2D eigenvalue weighted by molar-refractivity contribution is 4.98. The Hall–Kier alpha value is -1.34. The van der Waals surface area contributed by atoms with Gasteiger partial charge in [0.15, 0.2) is 0 Å². The summed E-state index contributed by atoms with van der Waals surface area (Å²) >= 11 is 0. The molecule has 0 aliphatic carbocycles. The van der Waals surface area contributed by atoms with Crippen molar-refractivity contribution in [1.29, 1.82) is 5.26 Å². The topological polar surface area (TPSA) is 50.8 Å². The second-order valence-electron chi connectivity index (χ2n) is 8.18. The second-order valence-corrected chi connectivity index (χ2v) is 8.18. The number of unbranched alkanes of at least 4 members (excludes halogenated alkanes) is 8. The first-order valence-electron chi connectivity index (χ1n) is 9.97.